The van der Waals surface area contributed by atoms with Gasteiger partial charge in [0.05, 0.1) is 5.69 Å². The number of hydrogen-bond donors (Lipinski definition) is 2. The summed E-state index contributed by atoms with van der Waals surface area (Å²) < 4.78 is 1.39. The molecule has 2 heterocycles. The quantitative estimate of drug-likeness (QED) is 0.838. The van der Waals surface area contributed by atoms with Gasteiger partial charge in [-0.3, -0.25) is 14.6 Å². The van der Waals surface area contributed by atoms with Crippen molar-refractivity contribution in [3.8, 4) is 5.95 Å². The standard InChI is InChI=1S/C14H18ClN5O2/c1-5-10-9(4)16-14(18-13(10)22)20-11(6-7(2)19-20)17-12(21)8(3)15/h6,8H,5H2,1-4H3,(H,17,21)(H,16,18,22)/t8-/m0/s1. The van der Waals surface area contributed by atoms with Crippen molar-refractivity contribution >= 4 is 23.3 Å². The molecule has 0 saturated heterocycles. The summed E-state index contributed by atoms with van der Waals surface area (Å²) in [5.41, 5.74) is 1.74. The Kier molecular flexibility index (Phi) is 4.65. The fourth-order valence-electron chi connectivity index (χ4n) is 2.09. The Morgan fingerprint density at radius 1 is 1.50 bits per heavy atom. The van der Waals surface area contributed by atoms with Crippen LogP contribution < -0.4 is 10.9 Å². The van der Waals surface area contributed by atoms with Gasteiger partial charge in [-0.1, -0.05) is 6.92 Å². The van der Waals surface area contributed by atoms with E-state index in [0.29, 0.717) is 29.2 Å². The van der Waals surface area contributed by atoms with E-state index in [9.17, 15) is 9.59 Å². The molecule has 1 amide bonds. The fraction of sp³-hybridized carbons (Fsp3) is 0.429. The first-order valence-electron chi connectivity index (χ1n) is 6.95. The number of nitrogens with zero attached hydrogens (tertiary/aromatic N) is 3. The van der Waals surface area contributed by atoms with Crippen molar-refractivity contribution in [1.82, 2.24) is 19.7 Å². The third-order valence-electron chi connectivity index (χ3n) is 3.21. The lowest BCUT2D eigenvalue weighted by atomic mass is 10.2. The molecule has 0 aromatic carbocycles. The molecule has 8 heteroatoms. The number of H-pyrrole nitrogens is 1. The highest BCUT2D eigenvalue weighted by Gasteiger charge is 2.16. The zero-order chi connectivity index (χ0) is 16.4. The van der Waals surface area contributed by atoms with Crippen LogP contribution in [0.25, 0.3) is 5.95 Å². The molecule has 1 atom stereocenters. The normalized spacial score (nSPS) is 12.2. The van der Waals surface area contributed by atoms with Gasteiger partial charge in [-0.2, -0.15) is 9.78 Å². The molecule has 22 heavy (non-hydrogen) atoms. The van der Waals surface area contributed by atoms with Crippen LogP contribution in [0.1, 0.15) is 30.8 Å². The fourth-order valence-corrected chi connectivity index (χ4v) is 2.14. The Bertz CT molecular complexity index is 763. The molecule has 0 fully saturated rings. The summed E-state index contributed by atoms with van der Waals surface area (Å²) in [4.78, 5) is 30.9. The number of carbonyl (C=O) groups is 1. The summed E-state index contributed by atoms with van der Waals surface area (Å²) in [6.45, 7) is 7.02. The molecule has 7 nitrogen and oxygen atoms in total. The lowest BCUT2D eigenvalue weighted by Gasteiger charge is -2.10. The van der Waals surface area contributed by atoms with Crippen molar-refractivity contribution in [3.05, 3.63) is 33.4 Å². The van der Waals surface area contributed by atoms with E-state index in [1.807, 2.05) is 6.92 Å². The SMILES string of the molecule is CCc1c(C)nc(-n2nc(C)cc2NC(=O)[C@H](C)Cl)[nH]c1=O. The van der Waals surface area contributed by atoms with E-state index in [2.05, 4.69) is 20.4 Å². The van der Waals surface area contributed by atoms with Crippen LogP contribution in [0.4, 0.5) is 5.82 Å². The van der Waals surface area contributed by atoms with E-state index in [0.717, 1.165) is 0 Å². The van der Waals surface area contributed by atoms with E-state index in [1.165, 1.54) is 4.68 Å². The number of hydrogen-bond acceptors (Lipinski definition) is 4. The van der Waals surface area contributed by atoms with Gasteiger partial charge >= 0.3 is 0 Å². The monoisotopic (exact) mass is 323 g/mol. The second kappa shape index (κ2) is 6.31. The molecular formula is C14H18ClN5O2. The Morgan fingerprint density at radius 2 is 2.18 bits per heavy atom. The Labute approximate surface area is 132 Å². The minimum Gasteiger partial charge on any atom is -0.309 e. The average molecular weight is 324 g/mol. The number of nitrogens with one attached hydrogen (secondary N) is 2. The predicted octanol–water partition coefficient (Wildman–Crippen LogP) is 1.70. The van der Waals surface area contributed by atoms with Crippen LogP contribution in [0.3, 0.4) is 0 Å². The summed E-state index contributed by atoms with van der Waals surface area (Å²) in [5, 5.41) is 6.24. The molecule has 118 valence electrons. The average Bonchev–Trinajstić information content (AvgIpc) is 2.79. The zero-order valence-corrected chi connectivity index (χ0v) is 13.7. The summed E-state index contributed by atoms with van der Waals surface area (Å²) in [7, 11) is 0. The Balaban J connectivity index is 2.50. The third kappa shape index (κ3) is 3.19. The van der Waals surface area contributed by atoms with Crippen LogP contribution in [0.15, 0.2) is 10.9 Å². The molecule has 0 unspecified atom stereocenters. The van der Waals surface area contributed by atoms with Gasteiger partial charge in [0, 0.05) is 17.3 Å². The molecule has 0 aliphatic heterocycles. The molecule has 0 bridgehead atoms. The van der Waals surface area contributed by atoms with Crippen LogP contribution in [0.2, 0.25) is 0 Å². The molecule has 0 saturated carbocycles. The van der Waals surface area contributed by atoms with Crippen molar-refractivity contribution in [2.45, 2.75) is 39.5 Å². The number of rotatable bonds is 4. The van der Waals surface area contributed by atoms with Gasteiger partial charge in [-0.25, -0.2) is 4.98 Å². The van der Waals surface area contributed by atoms with E-state index in [1.54, 1.807) is 26.8 Å². The summed E-state index contributed by atoms with van der Waals surface area (Å²) >= 11 is 5.76. The summed E-state index contributed by atoms with van der Waals surface area (Å²) in [5.74, 6) is 0.305. The third-order valence-corrected chi connectivity index (χ3v) is 3.41. The van der Waals surface area contributed by atoms with E-state index in [-0.39, 0.29) is 17.4 Å². The maximum atomic E-state index is 12.1. The Hall–Kier alpha value is -2.15. The summed E-state index contributed by atoms with van der Waals surface area (Å²) in [6.07, 6.45) is 0.597. The lowest BCUT2D eigenvalue weighted by molar-refractivity contribution is -0.115. The van der Waals surface area contributed by atoms with Crippen LogP contribution in [-0.4, -0.2) is 31.0 Å². The van der Waals surface area contributed by atoms with E-state index < -0.39 is 5.38 Å². The van der Waals surface area contributed by atoms with Gasteiger partial charge in [-0.15, -0.1) is 11.6 Å². The Morgan fingerprint density at radius 3 is 2.73 bits per heavy atom. The van der Waals surface area contributed by atoms with Gasteiger partial charge in [0.15, 0.2) is 0 Å². The molecular weight excluding hydrogens is 306 g/mol. The topological polar surface area (TPSA) is 92.7 Å². The smallest absolute Gasteiger partial charge is 0.255 e. The van der Waals surface area contributed by atoms with Crippen molar-refractivity contribution in [3.63, 3.8) is 0 Å². The first-order chi connectivity index (χ1) is 10.3. The predicted molar refractivity (Wildman–Crippen MR) is 84.8 cm³/mol. The molecule has 2 aromatic rings. The van der Waals surface area contributed by atoms with Gasteiger partial charge in [0.2, 0.25) is 11.9 Å². The van der Waals surface area contributed by atoms with E-state index in [4.69, 9.17) is 11.6 Å². The van der Waals surface area contributed by atoms with Crippen LogP contribution >= 0.6 is 11.6 Å². The van der Waals surface area contributed by atoms with Crippen LogP contribution in [-0.2, 0) is 11.2 Å². The number of halogens is 1. The van der Waals surface area contributed by atoms with Crippen molar-refractivity contribution in [2.75, 3.05) is 5.32 Å². The van der Waals surface area contributed by atoms with Gasteiger partial charge in [0.1, 0.15) is 11.2 Å². The molecule has 0 aliphatic rings. The van der Waals surface area contributed by atoms with Gasteiger partial charge in [-0.05, 0) is 27.2 Å². The first kappa shape index (κ1) is 16.2. The zero-order valence-electron chi connectivity index (χ0n) is 12.9. The number of anilines is 1. The molecule has 2 N–H and O–H groups in total. The molecule has 2 aromatic heterocycles. The van der Waals surface area contributed by atoms with Crippen molar-refractivity contribution < 1.29 is 4.79 Å². The maximum absolute atomic E-state index is 12.1. The minimum absolute atomic E-state index is 0.207. The molecule has 0 radical (unpaired) electrons. The number of aryl methyl sites for hydroxylation is 2. The number of amides is 1. The lowest BCUT2D eigenvalue weighted by Crippen LogP contribution is -2.24. The summed E-state index contributed by atoms with van der Waals surface area (Å²) in [6, 6.07) is 1.68. The molecule has 2 rings (SSSR count). The second-order valence-electron chi connectivity index (χ2n) is 5.00. The maximum Gasteiger partial charge on any atom is 0.255 e. The highest BCUT2D eigenvalue weighted by atomic mass is 35.5. The van der Waals surface area contributed by atoms with Crippen LogP contribution in [0, 0.1) is 13.8 Å². The number of alkyl halides is 1. The van der Waals surface area contributed by atoms with Gasteiger partial charge < -0.3 is 5.32 Å². The van der Waals surface area contributed by atoms with Gasteiger partial charge in [0.25, 0.3) is 5.56 Å². The van der Waals surface area contributed by atoms with Crippen LogP contribution in [0.5, 0.6) is 0 Å². The van der Waals surface area contributed by atoms with Crippen molar-refractivity contribution in [2.24, 2.45) is 0 Å². The number of aromatic nitrogens is 4. The second-order valence-corrected chi connectivity index (χ2v) is 5.65. The highest BCUT2D eigenvalue weighted by molar-refractivity contribution is 6.32. The molecule has 0 spiro atoms. The largest absolute Gasteiger partial charge is 0.309 e. The number of aromatic amines is 1. The highest BCUT2D eigenvalue weighted by Crippen LogP contribution is 2.15. The minimum atomic E-state index is -0.681. The number of carbonyl (C=O) groups excluding carboxylic acids is 1. The first-order valence-corrected chi connectivity index (χ1v) is 7.38. The van der Waals surface area contributed by atoms with E-state index >= 15 is 0 Å². The van der Waals surface area contributed by atoms with Crippen molar-refractivity contribution in [1.29, 1.82) is 0 Å². The molecule has 0 aliphatic carbocycles.